The Bertz CT molecular complexity index is 1020. The lowest BCUT2D eigenvalue weighted by Crippen LogP contribution is -2.40. The summed E-state index contributed by atoms with van der Waals surface area (Å²) in [4.78, 5) is 26.7. The maximum absolute atomic E-state index is 13.0. The molecular weight excluding hydrogens is 405 g/mol. The largest absolute Gasteiger partial charge is 0.351 e. The number of rotatable bonds is 10. The lowest BCUT2D eigenvalue weighted by atomic mass is 10.0. The van der Waals surface area contributed by atoms with Crippen LogP contribution in [0.25, 0.3) is 0 Å². The van der Waals surface area contributed by atoms with Crippen molar-refractivity contribution in [2.75, 3.05) is 25.0 Å². The molecule has 3 aromatic carbocycles. The van der Waals surface area contributed by atoms with E-state index in [1.165, 1.54) is 17.7 Å². The van der Waals surface area contributed by atoms with Crippen LogP contribution in [0.5, 0.6) is 0 Å². The number of para-hydroxylation sites is 1. The number of benzene rings is 3. The third kappa shape index (κ3) is 7.32. The second-order valence-electron chi connectivity index (χ2n) is 7.57. The van der Waals surface area contributed by atoms with Crippen LogP contribution in [0, 0.1) is 5.82 Å². The van der Waals surface area contributed by atoms with E-state index in [4.69, 9.17) is 0 Å². The van der Waals surface area contributed by atoms with Crippen LogP contribution in [-0.4, -0.2) is 36.3 Å². The van der Waals surface area contributed by atoms with Crippen LogP contribution in [0.15, 0.2) is 78.9 Å². The summed E-state index contributed by atoms with van der Waals surface area (Å²) in [5.41, 5.74) is 3.79. The normalized spacial score (nSPS) is 10.7. The van der Waals surface area contributed by atoms with E-state index in [1.54, 1.807) is 17.0 Å². The molecule has 0 radical (unpaired) electrons. The van der Waals surface area contributed by atoms with Crippen LogP contribution in [0.3, 0.4) is 0 Å². The molecule has 0 fully saturated rings. The number of hydrogen-bond donors (Lipinski definition) is 2. The third-order valence-electron chi connectivity index (χ3n) is 5.11. The highest BCUT2D eigenvalue weighted by molar-refractivity contribution is 5.93. The summed E-state index contributed by atoms with van der Waals surface area (Å²) >= 11 is 0. The average Bonchev–Trinajstić information content (AvgIpc) is 2.80. The Hall–Kier alpha value is -3.51. The predicted octanol–water partition coefficient (Wildman–Crippen LogP) is 3.99. The van der Waals surface area contributed by atoms with Crippen molar-refractivity contribution in [3.8, 4) is 0 Å². The highest BCUT2D eigenvalue weighted by Crippen LogP contribution is 2.19. The summed E-state index contributed by atoms with van der Waals surface area (Å²) in [7, 11) is 0. The van der Waals surface area contributed by atoms with Gasteiger partial charge in [-0.05, 0) is 47.9 Å². The molecule has 2 N–H and O–H groups in total. The van der Waals surface area contributed by atoms with Gasteiger partial charge in [0.15, 0.2) is 0 Å². The molecule has 5 nitrogen and oxygen atoms in total. The number of hydrogen-bond acceptors (Lipinski definition) is 3. The summed E-state index contributed by atoms with van der Waals surface area (Å²) in [5, 5.41) is 5.79. The molecule has 0 aliphatic rings. The van der Waals surface area contributed by atoms with Gasteiger partial charge in [0.2, 0.25) is 11.8 Å². The van der Waals surface area contributed by atoms with Gasteiger partial charge in [0.1, 0.15) is 5.82 Å². The molecule has 0 unspecified atom stereocenters. The minimum absolute atomic E-state index is 0.108. The first-order chi connectivity index (χ1) is 15.5. The minimum atomic E-state index is -0.311. The van der Waals surface area contributed by atoms with Crippen molar-refractivity contribution in [1.82, 2.24) is 10.2 Å². The Morgan fingerprint density at radius 3 is 2.19 bits per heavy atom. The van der Waals surface area contributed by atoms with Crippen LogP contribution >= 0.6 is 0 Å². The van der Waals surface area contributed by atoms with Gasteiger partial charge < -0.3 is 10.6 Å². The van der Waals surface area contributed by atoms with Gasteiger partial charge >= 0.3 is 0 Å². The Kier molecular flexibility index (Phi) is 8.52. The van der Waals surface area contributed by atoms with Gasteiger partial charge in [-0.1, -0.05) is 67.6 Å². The molecule has 2 amide bonds. The number of carbonyl (C=O) groups is 2. The molecular formula is C26H28FN3O2. The number of likely N-dealkylation sites (N-methyl/N-ethyl adjacent to an activating group) is 1. The van der Waals surface area contributed by atoms with Crippen molar-refractivity contribution in [1.29, 1.82) is 0 Å². The van der Waals surface area contributed by atoms with Crippen LogP contribution in [0.4, 0.5) is 10.1 Å². The number of carbonyl (C=O) groups excluding carboxylic acids is 2. The van der Waals surface area contributed by atoms with Gasteiger partial charge in [0.05, 0.1) is 13.1 Å². The van der Waals surface area contributed by atoms with Crippen molar-refractivity contribution < 1.29 is 14.0 Å². The zero-order valence-corrected chi connectivity index (χ0v) is 18.2. The first kappa shape index (κ1) is 23.2. The summed E-state index contributed by atoms with van der Waals surface area (Å²) < 4.78 is 13.0. The van der Waals surface area contributed by atoms with Gasteiger partial charge in [-0.15, -0.1) is 0 Å². The van der Waals surface area contributed by atoms with Crippen LogP contribution in [0.2, 0.25) is 0 Å². The van der Waals surface area contributed by atoms with E-state index in [1.807, 2.05) is 49.4 Å². The van der Waals surface area contributed by atoms with E-state index in [-0.39, 0.29) is 30.7 Å². The molecule has 6 heteroatoms. The molecule has 0 saturated carbocycles. The van der Waals surface area contributed by atoms with Gasteiger partial charge in [-0.25, -0.2) is 4.39 Å². The average molecular weight is 434 g/mol. The topological polar surface area (TPSA) is 61.4 Å². The van der Waals surface area contributed by atoms with Gasteiger partial charge in [-0.2, -0.15) is 0 Å². The number of anilines is 1. The lowest BCUT2D eigenvalue weighted by molar-refractivity contribution is -0.123. The van der Waals surface area contributed by atoms with Gasteiger partial charge in [0, 0.05) is 12.2 Å². The van der Waals surface area contributed by atoms with Crippen molar-refractivity contribution in [2.24, 2.45) is 0 Å². The second kappa shape index (κ2) is 11.8. The van der Waals surface area contributed by atoms with Gasteiger partial charge in [0.25, 0.3) is 0 Å². The van der Waals surface area contributed by atoms with Crippen molar-refractivity contribution in [2.45, 2.75) is 19.9 Å². The molecule has 3 aromatic rings. The molecule has 3 rings (SSSR count). The molecule has 0 atom stereocenters. The fraction of sp³-hybridized carbons (Fsp3) is 0.231. The molecule has 0 aliphatic heterocycles. The summed E-state index contributed by atoms with van der Waals surface area (Å²) in [5.74, 6) is -0.666. The lowest BCUT2D eigenvalue weighted by Gasteiger charge is -2.20. The van der Waals surface area contributed by atoms with Crippen LogP contribution in [-0.2, 0) is 22.6 Å². The van der Waals surface area contributed by atoms with Crippen LogP contribution in [0.1, 0.15) is 23.6 Å². The Morgan fingerprint density at radius 2 is 1.47 bits per heavy atom. The van der Waals surface area contributed by atoms with E-state index in [0.29, 0.717) is 13.1 Å². The van der Waals surface area contributed by atoms with Crippen molar-refractivity contribution in [3.05, 3.63) is 101 Å². The van der Waals surface area contributed by atoms with E-state index in [2.05, 4.69) is 22.8 Å². The number of halogens is 1. The number of nitrogens with one attached hydrogen (secondary N) is 2. The van der Waals surface area contributed by atoms with Gasteiger partial charge in [-0.3, -0.25) is 14.5 Å². The summed E-state index contributed by atoms with van der Waals surface area (Å²) in [6.45, 7) is 3.00. The molecule has 0 spiro atoms. The summed E-state index contributed by atoms with van der Waals surface area (Å²) in [6, 6.07) is 23.8. The highest BCUT2D eigenvalue weighted by atomic mass is 19.1. The maximum atomic E-state index is 13.0. The first-order valence-corrected chi connectivity index (χ1v) is 10.7. The molecule has 0 aliphatic carbocycles. The van der Waals surface area contributed by atoms with Crippen molar-refractivity contribution >= 4 is 17.5 Å². The summed E-state index contributed by atoms with van der Waals surface area (Å²) in [6.07, 6.45) is 0.723. The Balaban J connectivity index is 1.52. The highest BCUT2D eigenvalue weighted by Gasteiger charge is 2.14. The third-order valence-corrected chi connectivity index (χ3v) is 5.11. The fourth-order valence-corrected chi connectivity index (χ4v) is 3.35. The van der Waals surface area contributed by atoms with Crippen LogP contribution < -0.4 is 10.6 Å². The minimum Gasteiger partial charge on any atom is -0.351 e. The zero-order valence-electron chi connectivity index (χ0n) is 18.2. The molecule has 0 heterocycles. The van der Waals surface area contributed by atoms with E-state index in [9.17, 15) is 14.0 Å². The molecule has 0 bridgehead atoms. The first-order valence-electron chi connectivity index (χ1n) is 10.7. The quantitative estimate of drug-likeness (QED) is 0.508. The standard InChI is InChI=1S/C26H28FN3O2/c1-2-30(18-25(31)28-17-21-12-14-23(27)15-13-21)19-26(32)29-24-11-7-6-10-22(24)16-20-8-4-3-5-9-20/h3-15H,2,16-19H2,1H3,(H,28,31)(H,29,32). The monoisotopic (exact) mass is 433 g/mol. The predicted molar refractivity (Wildman–Crippen MR) is 125 cm³/mol. The Labute approximate surface area is 188 Å². The van der Waals surface area contributed by atoms with E-state index >= 15 is 0 Å². The van der Waals surface area contributed by atoms with E-state index in [0.717, 1.165) is 23.2 Å². The molecule has 166 valence electrons. The zero-order chi connectivity index (χ0) is 22.8. The number of nitrogens with zero attached hydrogens (tertiary/aromatic N) is 1. The second-order valence-corrected chi connectivity index (χ2v) is 7.57. The van der Waals surface area contributed by atoms with E-state index < -0.39 is 0 Å². The Morgan fingerprint density at radius 1 is 0.812 bits per heavy atom. The molecule has 0 aromatic heterocycles. The molecule has 32 heavy (non-hydrogen) atoms. The van der Waals surface area contributed by atoms with Crippen molar-refractivity contribution in [3.63, 3.8) is 0 Å². The number of amides is 2. The SMILES string of the molecule is CCN(CC(=O)NCc1ccc(F)cc1)CC(=O)Nc1ccccc1Cc1ccccc1. The molecule has 0 saturated heterocycles. The fourth-order valence-electron chi connectivity index (χ4n) is 3.35. The maximum Gasteiger partial charge on any atom is 0.238 e. The smallest absolute Gasteiger partial charge is 0.238 e.